The van der Waals surface area contributed by atoms with Crippen molar-refractivity contribution in [3.63, 3.8) is 0 Å². The lowest BCUT2D eigenvalue weighted by Gasteiger charge is -2.28. The van der Waals surface area contributed by atoms with Gasteiger partial charge in [0.15, 0.2) is 0 Å². The molecule has 0 spiro atoms. The zero-order valence-electron chi connectivity index (χ0n) is 11.2. The average Bonchev–Trinajstić information content (AvgIpc) is 2.82. The first-order valence-corrected chi connectivity index (χ1v) is 6.93. The smallest absolute Gasteiger partial charge is 0.119 e. The Kier molecular flexibility index (Phi) is 4.80. The van der Waals surface area contributed by atoms with Crippen LogP contribution in [0.2, 0.25) is 0 Å². The molecule has 0 aliphatic heterocycles. The maximum atomic E-state index is 10.3. The Hall–Kier alpha value is -1.10. The van der Waals surface area contributed by atoms with Crippen molar-refractivity contribution in [1.29, 1.82) is 0 Å². The van der Waals surface area contributed by atoms with Crippen molar-refractivity contribution in [1.82, 2.24) is 0 Å². The molecule has 1 aliphatic rings. The molecule has 106 valence electrons. The molecular formula is C15H23NO3. The Labute approximate surface area is 114 Å². The van der Waals surface area contributed by atoms with Crippen molar-refractivity contribution >= 4 is 0 Å². The van der Waals surface area contributed by atoms with Gasteiger partial charge in [-0.1, -0.05) is 18.6 Å². The second-order valence-corrected chi connectivity index (χ2v) is 5.34. The highest BCUT2D eigenvalue weighted by Crippen LogP contribution is 2.37. The molecule has 1 aromatic carbocycles. The summed E-state index contributed by atoms with van der Waals surface area (Å²) in [5, 5.41) is 19.3. The molecule has 19 heavy (non-hydrogen) atoms. The Morgan fingerprint density at radius 2 is 2.05 bits per heavy atom. The molecule has 2 atom stereocenters. The van der Waals surface area contributed by atoms with E-state index in [4.69, 9.17) is 15.6 Å². The molecule has 0 amide bonds. The Morgan fingerprint density at radius 1 is 1.32 bits per heavy atom. The number of hydrogen-bond donors (Lipinski definition) is 3. The van der Waals surface area contributed by atoms with Crippen LogP contribution in [0.25, 0.3) is 0 Å². The molecule has 1 saturated carbocycles. The molecule has 1 fully saturated rings. The Morgan fingerprint density at radius 3 is 2.68 bits per heavy atom. The van der Waals surface area contributed by atoms with Crippen LogP contribution in [0.15, 0.2) is 24.3 Å². The predicted octanol–water partition coefficient (Wildman–Crippen LogP) is 1.44. The standard InChI is InChI=1S/C15H23NO3/c16-11-15(18)8-1-2-13(15)7-9-19-14-5-3-12(10-17)4-6-14/h3-6,13,17-18H,1-2,7-11,16H2. The van der Waals surface area contributed by atoms with Crippen LogP contribution in [0.5, 0.6) is 5.75 Å². The first-order valence-electron chi connectivity index (χ1n) is 6.93. The summed E-state index contributed by atoms with van der Waals surface area (Å²) in [5.41, 5.74) is 5.84. The van der Waals surface area contributed by atoms with Crippen LogP contribution in [-0.2, 0) is 6.61 Å². The van der Waals surface area contributed by atoms with Gasteiger partial charge >= 0.3 is 0 Å². The van der Waals surface area contributed by atoms with E-state index >= 15 is 0 Å². The maximum absolute atomic E-state index is 10.3. The minimum Gasteiger partial charge on any atom is -0.494 e. The van der Waals surface area contributed by atoms with Gasteiger partial charge in [0.1, 0.15) is 5.75 Å². The average molecular weight is 265 g/mol. The summed E-state index contributed by atoms with van der Waals surface area (Å²) in [7, 11) is 0. The molecule has 4 nitrogen and oxygen atoms in total. The topological polar surface area (TPSA) is 75.7 Å². The number of benzene rings is 1. The minimum absolute atomic E-state index is 0.0475. The van der Waals surface area contributed by atoms with Gasteiger partial charge in [-0.25, -0.2) is 0 Å². The van der Waals surface area contributed by atoms with E-state index in [1.165, 1.54) is 0 Å². The third kappa shape index (κ3) is 3.47. The van der Waals surface area contributed by atoms with Gasteiger partial charge in [-0.2, -0.15) is 0 Å². The van der Waals surface area contributed by atoms with Crippen LogP contribution in [0.3, 0.4) is 0 Å². The van der Waals surface area contributed by atoms with Crippen molar-refractivity contribution in [3.8, 4) is 5.75 Å². The van der Waals surface area contributed by atoms with Crippen molar-refractivity contribution in [2.24, 2.45) is 11.7 Å². The van der Waals surface area contributed by atoms with E-state index in [-0.39, 0.29) is 12.5 Å². The minimum atomic E-state index is -0.690. The third-order valence-electron chi connectivity index (χ3n) is 4.12. The lowest BCUT2D eigenvalue weighted by Crippen LogP contribution is -2.41. The molecule has 2 rings (SSSR count). The number of ether oxygens (including phenoxy) is 1. The van der Waals surface area contributed by atoms with Crippen LogP contribution in [0, 0.1) is 5.92 Å². The molecule has 1 aliphatic carbocycles. The number of nitrogens with two attached hydrogens (primary N) is 1. The summed E-state index contributed by atoms with van der Waals surface area (Å²) < 4.78 is 5.67. The molecule has 0 aromatic heterocycles. The van der Waals surface area contributed by atoms with E-state index in [2.05, 4.69) is 0 Å². The normalized spacial score (nSPS) is 26.6. The van der Waals surface area contributed by atoms with Crippen molar-refractivity contribution in [3.05, 3.63) is 29.8 Å². The van der Waals surface area contributed by atoms with Crippen molar-refractivity contribution in [2.45, 2.75) is 37.9 Å². The van der Waals surface area contributed by atoms with Gasteiger partial charge in [0.2, 0.25) is 0 Å². The van der Waals surface area contributed by atoms with Gasteiger partial charge in [-0.3, -0.25) is 0 Å². The van der Waals surface area contributed by atoms with Gasteiger partial charge in [-0.15, -0.1) is 0 Å². The van der Waals surface area contributed by atoms with E-state index in [0.29, 0.717) is 13.2 Å². The zero-order chi connectivity index (χ0) is 13.7. The summed E-state index contributed by atoms with van der Waals surface area (Å²) in [6.07, 6.45) is 3.71. The van der Waals surface area contributed by atoms with Crippen molar-refractivity contribution in [2.75, 3.05) is 13.2 Å². The quantitative estimate of drug-likeness (QED) is 0.727. The molecule has 0 saturated heterocycles. The molecular weight excluding hydrogens is 242 g/mol. The Balaban J connectivity index is 1.79. The molecule has 4 N–H and O–H groups in total. The monoisotopic (exact) mass is 265 g/mol. The molecule has 0 heterocycles. The second kappa shape index (κ2) is 6.37. The van der Waals surface area contributed by atoms with E-state index in [1.54, 1.807) is 0 Å². The van der Waals surface area contributed by atoms with Crippen molar-refractivity contribution < 1.29 is 14.9 Å². The summed E-state index contributed by atoms with van der Waals surface area (Å²) in [4.78, 5) is 0. The van der Waals surface area contributed by atoms with Crippen LogP contribution in [0.1, 0.15) is 31.2 Å². The molecule has 1 aromatic rings. The van der Waals surface area contributed by atoms with E-state index in [9.17, 15) is 5.11 Å². The highest BCUT2D eigenvalue weighted by molar-refractivity contribution is 5.26. The van der Waals surface area contributed by atoms with Gasteiger partial charge in [0.25, 0.3) is 0 Å². The summed E-state index contributed by atoms with van der Waals surface area (Å²) >= 11 is 0. The fourth-order valence-corrected chi connectivity index (χ4v) is 2.82. The SMILES string of the molecule is NCC1(O)CCCC1CCOc1ccc(CO)cc1. The molecule has 0 radical (unpaired) electrons. The van der Waals surface area contributed by atoms with Crippen LogP contribution >= 0.6 is 0 Å². The molecule has 0 bridgehead atoms. The number of aliphatic hydroxyl groups excluding tert-OH is 1. The first-order chi connectivity index (χ1) is 9.18. The number of hydrogen-bond acceptors (Lipinski definition) is 4. The summed E-state index contributed by atoms with van der Waals surface area (Å²) in [6, 6.07) is 7.41. The Bertz CT molecular complexity index is 393. The van der Waals surface area contributed by atoms with Crippen LogP contribution < -0.4 is 10.5 Å². The second-order valence-electron chi connectivity index (χ2n) is 5.34. The summed E-state index contributed by atoms with van der Waals surface area (Å²) in [5.74, 6) is 1.04. The third-order valence-corrected chi connectivity index (χ3v) is 4.12. The lowest BCUT2D eigenvalue weighted by atomic mass is 9.88. The van der Waals surface area contributed by atoms with E-state index in [1.807, 2.05) is 24.3 Å². The highest BCUT2D eigenvalue weighted by Gasteiger charge is 2.39. The highest BCUT2D eigenvalue weighted by atomic mass is 16.5. The van der Waals surface area contributed by atoms with E-state index in [0.717, 1.165) is 37.0 Å². The lowest BCUT2D eigenvalue weighted by molar-refractivity contribution is 0.00355. The fraction of sp³-hybridized carbons (Fsp3) is 0.600. The summed E-state index contributed by atoms with van der Waals surface area (Å²) in [6.45, 7) is 0.972. The van der Waals surface area contributed by atoms with Crippen LogP contribution in [0.4, 0.5) is 0 Å². The van der Waals surface area contributed by atoms with Gasteiger partial charge in [-0.05, 0) is 42.9 Å². The maximum Gasteiger partial charge on any atom is 0.119 e. The molecule has 4 heteroatoms. The van der Waals surface area contributed by atoms with E-state index < -0.39 is 5.60 Å². The van der Waals surface area contributed by atoms with Crippen LogP contribution in [-0.4, -0.2) is 29.0 Å². The van der Waals surface area contributed by atoms with Gasteiger partial charge in [0, 0.05) is 6.54 Å². The first kappa shape index (κ1) is 14.3. The van der Waals surface area contributed by atoms with Gasteiger partial charge < -0.3 is 20.7 Å². The van der Waals surface area contributed by atoms with Gasteiger partial charge in [0.05, 0.1) is 18.8 Å². The number of aliphatic hydroxyl groups is 2. The molecule has 2 unspecified atom stereocenters. The zero-order valence-corrected chi connectivity index (χ0v) is 11.2. The fourth-order valence-electron chi connectivity index (χ4n) is 2.82. The predicted molar refractivity (Wildman–Crippen MR) is 73.8 cm³/mol. The number of rotatable bonds is 6. The largest absolute Gasteiger partial charge is 0.494 e.